The normalized spacial score (nSPS) is 15.2. The SMILES string of the molecule is CCCCCNC(=O)c1ccnc(N2CCOCC2)n1. The van der Waals surface area contributed by atoms with Crippen molar-refractivity contribution < 1.29 is 9.53 Å². The molecule has 0 atom stereocenters. The van der Waals surface area contributed by atoms with Crippen LogP contribution >= 0.6 is 0 Å². The topological polar surface area (TPSA) is 67.4 Å². The number of hydrogen-bond donors (Lipinski definition) is 1. The maximum absolute atomic E-state index is 12.0. The van der Waals surface area contributed by atoms with E-state index in [0.717, 1.165) is 32.4 Å². The van der Waals surface area contributed by atoms with E-state index in [1.807, 2.05) is 4.90 Å². The fraction of sp³-hybridized carbons (Fsp3) is 0.643. The molecule has 6 nitrogen and oxygen atoms in total. The second-order valence-corrected chi connectivity index (χ2v) is 4.80. The first-order valence-corrected chi connectivity index (χ1v) is 7.25. The van der Waals surface area contributed by atoms with E-state index >= 15 is 0 Å². The number of hydrogen-bond acceptors (Lipinski definition) is 5. The average molecular weight is 278 g/mol. The van der Waals surface area contributed by atoms with Crippen LogP contribution in [0.5, 0.6) is 0 Å². The summed E-state index contributed by atoms with van der Waals surface area (Å²) in [5, 5.41) is 2.89. The molecule has 0 unspecified atom stereocenters. The Labute approximate surface area is 119 Å². The predicted octanol–water partition coefficient (Wildman–Crippen LogP) is 1.23. The number of nitrogens with one attached hydrogen (secondary N) is 1. The van der Waals surface area contributed by atoms with Gasteiger partial charge >= 0.3 is 0 Å². The summed E-state index contributed by atoms with van der Waals surface area (Å²) in [6.07, 6.45) is 4.91. The summed E-state index contributed by atoms with van der Waals surface area (Å²) in [5.74, 6) is 0.479. The van der Waals surface area contributed by atoms with Crippen LogP contribution in [-0.2, 0) is 4.74 Å². The van der Waals surface area contributed by atoms with Gasteiger partial charge in [0, 0.05) is 25.8 Å². The summed E-state index contributed by atoms with van der Waals surface area (Å²) < 4.78 is 5.30. The lowest BCUT2D eigenvalue weighted by Crippen LogP contribution is -2.37. The number of rotatable bonds is 6. The molecule has 1 aromatic rings. The molecule has 0 aromatic carbocycles. The third-order valence-electron chi connectivity index (χ3n) is 3.24. The Balaban J connectivity index is 1.92. The Morgan fingerprint density at radius 3 is 2.95 bits per heavy atom. The Hall–Kier alpha value is -1.69. The summed E-state index contributed by atoms with van der Waals surface area (Å²) in [6.45, 7) is 5.72. The van der Waals surface area contributed by atoms with E-state index in [9.17, 15) is 4.79 Å². The number of aromatic nitrogens is 2. The Kier molecular flexibility index (Phi) is 5.73. The molecular weight excluding hydrogens is 256 g/mol. The molecule has 2 rings (SSSR count). The van der Waals surface area contributed by atoms with Gasteiger partial charge in [0.25, 0.3) is 5.91 Å². The van der Waals surface area contributed by atoms with Crippen LogP contribution in [-0.4, -0.2) is 48.7 Å². The van der Waals surface area contributed by atoms with Crippen molar-refractivity contribution in [2.24, 2.45) is 0 Å². The molecule has 1 aliphatic heterocycles. The molecule has 20 heavy (non-hydrogen) atoms. The number of ether oxygens (including phenoxy) is 1. The van der Waals surface area contributed by atoms with Gasteiger partial charge in [0.2, 0.25) is 5.95 Å². The van der Waals surface area contributed by atoms with Gasteiger partial charge in [-0.25, -0.2) is 9.97 Å². The first kappa shape index (κ1) is 14.7. The summed E-state index contributed by atoms with van der Waals surface area (Å²) in [7, 11) is 0. The number of carbonyl (C=O) groups is 1. The summed E-state index contributed by atoms with van der Waals surface area (Å²) in [4.78, 5) is 22.6. The molecule has 1 aliphatic rings. The van der Waals surface area contributed by atoms with E-state index in [-0.39, 0.29) is 5.91 Å². The number of amides is 1. The molecule has 110 valence electrons. The molecule has 0 bridgehead atoms. The highest BCUT2D eigenvalue weighted by atomic mass is 16.5. The van der Waals surface area contributed by atoms with E-state index in [0.29, 0.717) is 31.4 Å². The van der Waals surface area contributed by atoms with Crippen molar-refractivity contribution in [3.8, 4) is 0 Å². The maximum atomic E-state index is 12.0. The maximum Gasteiger partial charge on any atom is 0.270 e. The Bertz CT molecular complexity index is 433. The molecule has 1 N–H and O–H groups in total. The van der Waals surface area contributed by atoms with Crippen LogP contribution in [0.3, 0.4) is 0 Å². The minimum atomic E-state index is -0.127. The van der Waals surface area contributed by atoms with Crippen molar-refractivity contribution in [2.45, 2.75) is 26.2 Å². The van der Waals surface area contributed by atoms with Crippen LogP contribution in [0.1, 0.15) is 36.7 Å². The van der Waals surface area contributed by atoms with Gasteiger partial charge in [-0.1, -0.05) is 19.8 Å². The van der Waals surface area contributed by atoms with Crippen molar-refractivity contribution in [3.05, 3.63) is 18.0 Å². The van der Waals surface area contributed by atoms with E-state index in [1.54, 1.807) is 12.3 Å². The van der Waals surface area contributed by atoms with Gasteiger partial charge in [-0.2, -0.15) is 0 Å². The molecule has 2 heterocycles. The molecule has 1 amide bonds. The van der Waals surface area contributed by atoms with E-state index in [2.05, 4.69) is 22.2 Å². The number of anilines is 1. The summed E-state index contributed by atoms with van der Waals surface area (Å²) in [6, 6.07) is 1.65. The molecule has 1 saturated heterocycles. The van der Waals surface area contributed by atoms with Crippen LogP contribution in [0.15, 0.2) is 12.3 Å². The predicted molar refractivity (Wildman–Crippen MR) is 76.9 cm³/mol. The number of carbonyl (C=O) groups excluding carboxylic acids is 1. The molecule has 0 radical (unpaired) electrons. The first-order valence-electron chi connectivity index (χ1n) is 7.25. The molecule has 1 fully saturated rings. The third kappa shape index (κ3) is 4.16. The van der Waals surface area contributed by atoms with Crippen LogP contribution in [0.2, 0.25) is 0 Å². The van der Waals surface area contributed by atoms with Crippen LogP contribution in [0.25, 0.3) is 0 Å². The number of morpholine rings is 1. The minimum absolute atomic E-state index is 0.127. The minimum Gasteiger partial charge on any atom is -0.378 e. The quantitative estimate of drug-likeness (QED) is 0.793. The summed E-state index contributed by atoms with van der Waals surface area (Å²) in [5.41, 5.74) is 0.429. The summed E-state index contributed by atoms with van der Waals surface area (Å²) >= 11 is 0. The second-order valence-electron chi connectivity index (χ2n) is 4.80. The number of unbranched alkanes of at least 4 members (excludes halogenated alkanes) is 2. The van der Waals surface area contributed by atoms with Gasteiger partial charge in [-0.3, -0.25) is 4.79 Å². The third-order valence-corrected chi connectivity index (χ3v) is 3.24. The second kappa shape index (κ2) is 7.79. The van der Waals surface area contributed by atoms with Crippen molar-refractivity contribution >= 4 is 11.9 Å². The number of nitrogens with zero attached hydrogens (tertiary/aromatic N) is 3. The first-order chi connectivity index (χ1) is 9.81. The van der Waals surface area contributed by atoms with Gasteiger partial charge in [0.15, 0.2) is 0 Å². The van der Waals surface area contributed by atoms with Gasteiger partial charge in [-0.15, -0.1) is 0 Å². The fourth-order valence-corrected chi connectivity index (χ4v) is 2.06. The van der Waals surface area contributed by atoms with Crippen molar-refractivity contribution in [3.63, 3.8) is 0 Å². The van der Waals surface area contributed by atoms with Crippen LogP contribution < -0.4 is 10.2 Å². The van der Waals surface area contributed by atoms with Gasteiger partial charge in [0.1, 0.15) is 5.69 Å². The van der Waals surface area contributed by atoms with Crippen molar-refractivity contribution in [1.29, 1.82) is 0 Å². The zero-order valence-electron chi connectivity index (χ0n) is 12.0. The highest BCUT2D eigenvalue weighted by Crippen LogP contribution is 2.09. The lowest BCUT2D eigenvalue weighted by Gasteiger charge is -2.26. The van der Waals surface area contributed by atoms with E-state index in [4.69, 9.17) is 4.74 Å². The standard InChI is InChI=1S/C14H22N4O2/c1-2-3-4-6-15-13(19)12-5-7-16-14(17-12)18-8-10-20-11-9-18/h5,7H,2-4,6,8-11H2,1H3,(H,15,19). The monoisotopic (exact) mass is 278 g/mol. The lowest BCUT2D eigenvalue weighted by atomic mass is 10.2. The molecule has 0 spiro atoms. The van der Waals surface area contributed by atoms with Crippen LogP contribution in [0.4, 0.5) is 5.95 Å². The largest absolute Gasteiger partial charge is 0.378 e. The molecule has 1 aromatic heterocycles. The van der Waals surface area contributed by atoms with Gasteiger partial charge < -0.3 is 15.0 Å². The molecular formula is C14H22N4O2. The van der Waals surface area contributed by atoms with E-state index < -0.39 is 0 Å². The van der Waals surface area contributed by atoms with E-state index in [1.165, 1.54) is 0 Å². The smallest absolute Gasteiger partial charge is 0.270 e. The zero-order valence-corrected chi connectivity index (χ0v) is 12.0. The van der Waals surface area contributed by atoms with Crippen molar-refractivity contribution in [1.82, 2.24) is 15.3 Å². The fourth-order valence-electron chi connectivity index (χ4n) is 2.06. The molecule has 6 heteroatoms. The lowest BCUT2D eigenvalue weighted by molar-refractivity contribution is 0.0947. The van der Waals surface area contributed by atoms with Gasteiger partial charge in [-0.05, 0) is 12.5 Å². The van der Waals surface area contributed by atoms with Crippen molar-refractivity contribution in [2.75, 3.05) is 37.7 Å². The highest BCUT2D eigenvalue weighted by Gasteiger charge is 2.15. The molecule has 0 saturated carbocycles. The Morgan fingerprint density at radius 1 is 1.40 bits per heavy atom. The van der Waals surface area contributed by atoms with Crippen LogP contribution in [0, 0.1) is 0 Å². The highest BCUT2D eigenvalue weighted by molar-refractivity contribution is 5.92. The average Bonchev–Trinajstić information content (AvgIpc) is 2.52. The zero-order chi connectivity index (χ0) is 14.2. The molecule has 0 aliphatic carbocycles. The Morgan fingerprint density at radius 2 is 2.20 bits per heavy atom. The van der Waals surface area contributed by atoms with Gasteiger partial charge in [0.05, 0.1) is 13.2 Å².